The van der Waals surface area contributed by atoms with Gasteiger partial charge in [-0.1, -0.05) is 25.2 Å². The highest BCUT2D eigenvalue weighted by Gasteiger charge is 2.26. The van der Waals surface area contributed by atoms with Crippen molar-refractivity contribution in [3.8, 4) is 0 Å². The minimum Gasteiger partial charge on any atom is -0.382 e. The van der Waals surface area contributed by atoms with Gasteiger partial charge in [0.15, 0.2) is 5.13 Å². The van der Waals surface area contributed by atoms with Crippen LogP contribution < -0.4 is 16.4 Å². The summed E-state index contributed by atoms with van der Waals surface area (Å²) < 4.78 is 0. The van der Waals surface area contributed by atoms with Crippen molar-refractivity contribution in [3.63, 3.8) is 0 Å². The van der Waals surface area contributed by atoms with Gasteiger partial charge in [0.05, 0.1) is 6.54 Å². The van der Waals surface area contributed by atoms with Gasteiger partial charge < -0.3 is 21.3 Å². The third-order valence-corrected chi connectivity index (χ3v) is 3.85. The van der Waals surface area contributed by atoms with E-state index in [1.165, 1.54) is 16.2 Å². The first-order chi connectivity index (χ1) is 9.47. The van der Waals surface area contributed by atoms with Crippen molar-refractivity contribution in [3.05, 3.63) is 4.88 Å². The van der Waals surface area contributed by atoms with Crippen molar-refractivity contribution in [2.24, 2.45) is 5.92 Å². The molecule has 0 atom stereocenters. The standard InChI is InChI=1S/C12H19N5O2S/c1-7(2)5-15-12-16-10(13)9(20-12)11(19)17-4-3-14-8(18)6-17/h7H,3-6,13H2,1-2H3,(H,14,18)(H,15,16). The molecule has 1 aliphatic heterocycles. The summed E-state index contributed by atoms with van der Waals surface area (Å²) in [4.78, 5) is 29.7. The lowest BCUT2D eigenvalue weighted by molar-refractivity contribution is -0.123. The van der Waals surface area contributed by atoms with Crippen molar-refractivity contribution in [1.82, 2.24) is 15.2 Å². The number of aromatic nitrogens is 1. The van der Waals surface area contributed by atoms with E-state index in [1.54, 1.807) is 0 Å². The number of thiazole rings is 1. The van der Waals surface area contributed by atoms with Crippen molar-refractivity contribution in [1.29, 1.82) is 0 Å². The highest BCUT2D eigenvalue weighted by molar-refractivity contribution is 7.18. The molecule has 1 aliphatic rings. The van der Waals surface area contributed by atoms with Crippen molar-refractivity contribution < 1.29 is 9.59 Å². The number of nitrogens with zero attached hydrogens (tertiary/aromatic N) is 2. The Balaban J connectivity index is 2.07. The summed E-state index contributed by atoms with van der Waals surface area (Å²) in [5.74, 6) is 0.320. The Kier molecular flexibility index (Phi) is 4.43. The van der Waals surface area contributed by atoms with Crippen LogP contribution in [0.3, 0.4) is 0 Å². The number of carbonyl (C=O) groups is 2. The van der Waals surface area contributed by atoms with Gasteiger partial charge in [-0.3, -0.25) is 9.59 Å². The number of amides is 2. The number of carbonyl (C=O) groups excluding carboxylic acids is 2. The molecule has 2 rings (SSSR count). The lowest BCUT2D eigenvalue weighted by Gasteiger charge is -2.26. The minimum absolute atomic E-state index is 0.0743. The van der Waals surface area contributed by atoms with E-state index in [-0.39, 0.29) is 24.2 Å². The molecular weight excluding hydrogens is 278 g/mol. The Labute approximate surface area is 121 Å². The van der Waals surface area contributed by atoms with Gasteiger partial charge in [0.25, 0.3) is 5.91 Å². The van der Waals surface area contributed by atoms with Crippen LogP contribution in [0.1, 0.15) is 23.5 Å². The molecule has 2 amide bonds. The number of rotatable bonds is 4. The summed E-state index contributed by atoms with van der Waals surface area (Å²) in [6.45, 7) is 5.99. The highest BCUT2D eigenvalue weighted by atomic mass is 32.1. The largest absolute Gasteiger partial charge is 0.382 e. The second-order valence-electron chi connectivity index (χ2n) is 5.08. The Morgan fingerprint density at radius 2 is 2.35 bits per heavy atom. The van der Waals surface area contributed by atoms with Gasteiger partial charge in [0, 0.05) is 19.6 Å². The number of nitrogens with two attached hydrogens (primary N) is 1. The zero-order chi connectivity index (χ0) is 14.7. The fourth-order valence-electron chi connectivity index (χ4n) is 1.81. The maximum atomic E-state index is 12.3. The Bertz CT molecular complexity index is 514. The summed E-state index contributed by atoms with van der Waals surface area (Å²) >= 11 is 1.23. The predicted molar refractivity (Wildman–Crippen MR) is 78.8 cm³/mol. The van der Waals surface area contributed by atoms with Crippen LogP contribution in [0.4, 0.5) is 10.9 Å². The fraction of sp³-hybridized carbons (Fsp3) is 0.583. The second-order valence-corrected chi connectivity index (χ2v) is 6.08. The zero-order valence-corrected chi connectivity index (χ0v) is 12.4. The van der Waals surface area contributed by atoms with Crippen molar-refractivity contribution in [2.75, 3.05) is 37.2 Å². The molecule has 4 N–H and O–H groups in total. The SMILES string of the molecule is CC(C)CNc1nc(N)c(C(=O)N2CCNC(=O)C2)s1. The molecular formula is C12H19N5O2S. The number of nitrogen functional groups attached to an aromatic ring is 1. The second kappa shape index (κ2) is 6.08. The quantitative estimate of drug-likeness (QED) is 0.745. The van der Waals surface area contributed by atoms with Crippen LogP contribution in [0.5, 0.6) is 0 Å². The van der Waals surface area contributed by atoms with E-state index in [4.69, 9.17) is 5.73 Å². The minimum atomic E-state index is -0.229. The molecule has 0 aromatic carbocycles. The molecule has 0 radical (unpaired) electrons. The molecule has 1 saturated heterocycles. The van der Waals surface area contributed by atoms with Gasteiger partial charge in [0.1, 0.15) is 10.7 Å². The molecule has 2 heterocycles. The molecule has 0 spiro atoms. The number of hydrogen-bond acceptors (Lipinski definition) is 6. The van der Waals surface area contributed by atoms with E-state index in [1.807, 2.05) is 0 Å². The molecule has 1 aromatic heterocycles. The first-order valence-corrected chi connectivity index (χ1v) is 7.35. The van der Waals surface area contributed by atoms with Gasteiger partial charge in [-0.15, -0.1) is 0 Å². The molecule has 20 heavy (non-hydrogen) atoms. The van der Waals surface area contributed by atoms with Crippen LogP contribution in [0.25, 0.3) is 0 Å². The molecule has 0 aliphatic carbocycles. The first-order valence-electron chi connectivity index (χ1n) is 6.53. The molecule has 0 unspecified atom stereocenters. The van der Waals surface area contributed by atoms with Crippen LogP contribution in [0.2, 0.25) is 0 Å². The predicted octanol–water partition coefficient (Wildman–Crippen LogP) is 0.365. The molecule has 110 valence electrons. The Morgan fingerprint density at radius 1 is 1.60 bits per heavy atom. The summed E-state index contributed by atoms with van der Waals surface area (Å²) in [6.07, 6.45) is 0. The van der Waals surface area contributed by atoms with Gasteiger partial charge in [-0.25, -0.2) is 4.98 Å². The van der Waals surface area contributed by atoms with Crippen molar-refractivity contribution >= 4 is 34.1 Å². The van der Waals surface area contributed by atoms with Crippen LogP contribution in [-0.2, 0) is 4.79 Å². The number of hydrogen-bond donors (Lipinski definition) is 3. The normalized spacial score (nSPS) is 15.3. The summed E-state index contributed by atoms with van der Waals surface area (Å²) in [6, 6.07) is 0. The topological polar surface area (TPSA) is 100 Å². The average Bonchev–Trinajstić information content (AvgIpc) is 2.77. The lowest BCUT2D eigenvalue weighted by Crippen LogP contribution is -2.49. The Hall–Kier alpha value is -1.83. The van der Waals surface area contributed by atoms with Gasteiger partial charge >= 0.3 is 0 Å². The third-order valence-electron chi connectivity index (χ3n) is 2.83. The van der Waals surface area contributed by atoms with E-state index >= 15 is 0 Å². The smallest absolute Gasteiger partial charge is 0.268 e. The number of nitrogens with one attached hydrogen (secondary N) is 2. The summed E-state index contributed by atoms with van der Waals surface area (Å²) in [5, 5.41) is 6.47. The maximum absolute atomic E-state index is 12.3. The lowest BCUT2D eigenvalue weighted by atomic mass is 10.2. The molecule has 1 fully saturated rings. The van der Waals surface area contributed by atoms with Crippen LogP contribution in [-0.4, -0.2) is 47.9 Å². The van der Waals surface area contributed by atoms with E-state index in [0.29, 0.717) is 29.0 Å². The van der Waals surface area contributed by atoms with E-state index in [2.05, 4.69) is 29.5 Å². The molecule has 0 saturated carbocycles. The van der Waals surface area contributed by atoms with Crippen LogP contribution >= 0.6 is 11.3 Å². The van der Waals surface area contributed by atoms with E-state index in [9.17, 15) is 9.59 Å². The van der Waals surface area contributed by atoms with Gasteiger partial charge in [-0.2, -0.15) is 0 Å². The molecule has 0 bridgehead atoms. The van der Waals surface area contributed by atoms with Gasteiger partial charge in [0.2, 0.25) is 5.91 Å². The summed E-state index contributed by atoms with van der Waals surface area (Å²) in [7, 11) is 0. The molecule has 7 nitrogen and oxygen atoms in total. The maximum Gasteiger partial charge on any atom is 0.268 e. The number of piperazine rings is 1. The highest BCUT2D eigenvalue weighted by Crippen LogP contribution is 2.26. The van der Waals surface area contributed by atoms with E-state index in [0.717, 1.165) is 6.54 Å². The fourth-order valence-corrected chi connectivity index (χ4v) is 2.67. The first kappa shape index (κ1) is 14.6. The zero-order valence-electron chi connectivity index (χ0n) is 11.6. The van der Waals surface area contributed by atoms with Gasteiger partial charge in [-0.05, 0) is 5.92 Å². The molecule has 8 heteroatoms. The van der Waals surface area contributed by atoms with Crippen LogP contribution in [0.15, 0.2) is 0 Å². The molecule has 1 aromatic rings. The number of anilines is 2. The van der Waals surface area contributed by atoms with Crippen LogP contribution in [0, 0.1) is 5.92 Å². The summed E-state index contributed by atoms with van der Waals surface area (Å²) in [5.41, 5.74) is 5.80. The van der Waals surface area contributed by atoms with E-state index < -0.39 is 0 Å². The van der Waals surface area contributed by atoms with Crippen molar-refractivity contribution in [2.45, 2.75) is 13.8 Å². The third kappa shape index (κ3) is 3.38. The monoisotopic (exact) mass is 297 g/mol. The average molecular weight is 297 g/mol. The Morgan fingerprint density at radius 3 is 3.00 bits per heavy atom.